The highest BCUT2D eigenvalue weighted by Gasteiger charge is 2.48. The summed E-state index contributed by atoms with van der Waals surface area (Å²) < 4.78 is 47.9. The van der Waals surface area contributed by atoms with Crippen LogP contribution in [0.1, 0.15) is 271 Å². The maximum atomic E-state index is 13.1. The van der Waals surface area contributed by atoms with Crippen LogP contribution in [-0.4, -0.2) is 95.4 Å². The molecule has 1 saturated heterocycles. The van der Waals surface area contributed by atoms with Crippen molar-refractivity contribution in [3.05, 3.63) is 12.2 Å². The third-order valence-electron chi connectivity index (χ3n) is 13.6. The van der Waals surface area contributed by atoms with Crippen molar-refractivity contribution in [2.45, 2.75) is 314 Å². The van der Waals surface area contributed by atoms with E-state index in [0.29, 0.717) is 12.8 Å². The number of hydrogen-bond acceptors (Lipinski definition) is 10. The summed E-state index contributed by atoms with van der Waals surface area (Å²) in [5.41, 5.74) is 0. The smallest absolute Gasteiger partial charge is 0.394 e. The quantitative estimate of drug-likeness (QED) is 0.0193. The summed E-state index contributed by atoms with van der Waals surface area (Å²) in [5, 5.41) is 45.1. The molecule has 0 bridgehead atoms. The Morgan fingerprint density at radius 3 is 1.34 bits per heavy atom. The number of amides is 1. The number of allylic oxidation sites excluding steroid dienone is 2. The van der Waals surface area contributed by atoms with Gasteiger partial charge in [-0.15, -0.1) is 0 Å². The topological polar surface area (TPSA) is 192 Å². The van der Waals surface area contributed by atoms with E-state index in [0.717, 1.165) is 51.4 Å². The molecule has 1 amide bonds. The Labute approximate surface area is 410 Å². The molecule has 67 heavy (non-hydrogen) atoms. The second-order valence-corrected chi connectivity index (χ2v) is 20.9. The summed E-state index contributed by atoms with van der Waals surface area (Å²) >= 11 is 0. The maximum Gasteiger partial charge on any atom is 0.397 e. The first kappa shape index (κ1) is 63.9. The molecule has 0 saturated carbocycles. The summed E-state index contributed by atoms with van der Waals surface area (Å²) in [5.74, 6) is -0.230. The van der Waals surface area contributed by atoms with Gasteiger partial charge in [0.25, 0.3) is 0 Å². The van der Waals surface area contributed by atoms with Gasteiger partial charge in [0.1, 0.15) is 24.4 Å². The van der Waals surface area contributed by atoms with Gasteiger partial charge in [0.05, 0.1) is 25.4 Å². The molecule has 6 N–H and O–H groups in total. The van der Waals surface area contributed by atoms with E-state index in [4.69, 9.17) is 9.47 Å². The highest BCUT2D eigenvalue weighted by Crippen LogP contribution is 2.26. The molecule has 0 aromatic heterocycles. The van der Waals surface area contributed by atoms with Crippen LogP contribution in [0.15, 0.2) is 12.2 Å². The lowest BCUT2D eigenvalue weighted by Gasteiger charge is -2.41. The minimum Gasteiger partial charge on any atom is -0.394 e. The molecule has 13 heteroatoms. The summed E-state index contributed by atoms with van der Waals surface area (Å²) in [6, 6.07) is -0.858. The molecule has 1 rings (SSSR count). The van der Waals surface area contributed by atoms with E-state index in [2.05, 4.69) is 35.5 Å². The van der Waals surface area contributed by atoms with Crippen molar-refractivity contribution in [1.29, 1.82) is 0 Å². The molecule has 7 atom stereocenters. The third-order valence-corrected chi connectivity index (χ3v) is 14.0. The molecule has 1 aliphatic rings. The van der Waals surface area contributed by atoms with E-state index in [1.165, 1.54) is 186 Å². The Bertz CT molecular complexity index is 1240. The Hall–Kier alpha value is -1.16. The number of nitrogens with one attached hydrogen (secondary N) is 1. The van der Waals surface area contributed by atoms with Crippen molar-refractivity contribution in [3.8, 4) is 0 Å². The van der Waals surface area contributed by atoms with E-state index >= 15 is 0 Å². The minimum absolute atomic E-state index is 0.230. The monoisotopic (exact) mass is 976 g/mol. The second kappa shape index (κ2) is 44.8. The van der Waals surface area contributed by atoms with E-state index in [1.807, 2.05) is 0 Å². The van der Waals surface area contributed by atoms with Gasteiger partial charge in [-0.2, -0.15) is 8.42 Å². The van der Waals surface area contributed by atoms with E-state index in [9.17, 15) is 38.2 Å². The van der Waals surface area contributed by atoms with Crippen LogP contribution in [0, 0.1) is 0 Å². The number of carbonyl (C=O) groups is 1. The fourth-order valence-electron chi connectivity index (χ4n) is 9.22. The first-order chi connectivity index (χ1) is 32.5. The summed E-state index contributed by atoms with van der Waals surface area (Å²) in [4.78, 5) is 13.1. The third kappa shape index (κ3) is 37.3. The van der Waals surface area contributed by atoms with Crippen molar-refractivity contribution in [2.75, 3.05) is 13.2 Å². The average Bonchev–Trinajstić information content (AvgIpc) is 3.30. The fraction of sp³-hybridized carbons (Fsp3) is 0.944. The zero-order valence-corrected chi connectivity index (χ0v) is 43.8. The number of aliphatic hydroxyl groups is 4. The van der Waals surface area contributed by atoms with Gasteiger partial charge in [0.15, 0.2) is 6.29 Å². The molecule has 7 unspecified atom stereocenters. The van der Waals surface area contributed by atoms with Crippen molar-refractivity contribution in [3.63, 3.8) is 0 Å². The van der Waals surface area contributed by atoms with Gasteiger partial charge in [-0.3, -0.25) is 9.35 Å². The molecule has 12 nitrogen and oxygen atoms in total. The molecule has 1 heterocycles. The Kier molecular flexibility index (Phi) is 42.7. The van der Waals surface area contributed by atoms with E-state index in [1.54, 1.807) is 0 Å². The largest absolute Gasteiger partial charge is 0.397 e. The van der Waals surface area contributed by atoms with Crippen LogP contribution in [0.2, 0.25) is 0 Å². The lowest BCUT2D eigenvalue weighted by atomic mass is 9.99. The number of aliphatic hydroxyl groups excluding tert-OH is 4. The van der Waals surface area contributed by atoms with Gasteiger partial charge < -0.3 is 35.2 Å². The summed E-state index contributed by atoms with van der Waals surface area (Å²) in [6.45, 7) is 3.49. The number of carbonyl (C=O) groups excluding carboxylic acids is 1. The number of unbranched alkanes of at least 4 members (excludes halogenated alkanes) is 35. The van der Waals surface area contributed by atoms with Crippen molar-refractivity contribution < 1.29 is 51.8 Å². The standard InChI is InChI=1S/C54H105NO11S/c1-3-5-7-9-11-13-15-17-19-21-22-23-24-25-26-28-30-32-34-36-38-40-42-44-50(58)55-47(46-64-54-52(60)53(66-67(61,62)63)51(59)49(45-56)65-54)48(57)43-41-39-37-35-33-31-29-27-20-18-16-14-12-10-8-6-4-2/h25-26,47-49,51-54,56-57,59-60H,3-24,27-46H2,1-2H3,(H,55,58)(H,61,62,63)/b26-25-. The van der Waals surface area contributed by atoms with Gasteiger partial charge >= 0.3 is 10.4 Å². The summed E-state index contributed by atoms with van der Waals surface area (Å²) in [7, 11) is -5.08. The van der Waals surface area contributed by atoms with Crippen molar-refractivity contribution >= 4 is 16.3 Å². The lowest BCUT2D eigenvalue weighted by Crippen LogP contribution is -2.61. The number of ether oxygens (including phenoxy) is 2. The molecule has 0 aromatic rings. The zero-order chi connectivity index (χ0) is 49.1. The SMILES string of the molecule is CCCCCCCCCCCCCC/C=C\CCCCCCCCCC(=O)NC(COC1OC(CO)C(O)C(OS(=O)(=O)O)C1O)C(O)CCCCCCCCCCCCCCCCCCC. The fourth-order valence-corrected chi connectivity index (χ4v) is 9.73. The molecule has 1 aliphatic heterocycles. The van der Waals surface area contributed by atoms with Gasteiger partial charge in [-0.25, -0.2) is 4.18 Å². The van der Waals surface area contributed by atoms with E-state index in [-0.39, 0.29) is 18.9 Å². The van der Waals surface area contributed by atoms with Crippen molar-refractivity contribution in [1.82, 2.24) is 5.32 Å². The van der Waals surface area contributed by atoms with Crippen LogP contribution in [0.4, 0.5) is 0 Å². The molecule has 398 valence electrons. The lowest BCUT2D eigenvalue weighted by molar-refractivity contribution is -0.298. The zero-order valence-electron chi connectivity index (χ0n) is 43.0. The first-order valence-corrected chi connectivity index (χ1v) is 29.4. The molecule has 0 aliphatic carbocycles. The Morgan fingerprint density at radius 1 is 0.582 bits per heavy atom. The Morgan fingerprint density at radius 2 is 0.955 bits per heavy atom. The summed E-state index contributed by atoms with van der Waals surface area (Å²) in [6.07, 6.45) is 43.5. The second-order valence-electron chi connectivity index (χ2n) is 19.9. The molecule has 1 fully saturated rings. The molecule has 0 aromatic carbocycles. The highest BCUT2D eigenvalue weighted by atomic mass is 32.3. The van der Waals surface area contributed by atoms with E-state index < -0.39 is 59.9 Å². The van der Waals surface area contributed by atoms with Crippen LogP contribution in [0.25, 0.3) is 0 Å². The minimum atomic E-state index is -5.08. The molecular weight excluding hydrogens is 871 g/mol. The molecule has 0 spiro atoms. The average molecular weight is 976 g/mol. The normalized spacial score (nSPS) is 19.9. The van der Waals surface area contributed by atoms with Crippen LogP contribution in [0.5, 0.6) is 0 Å². The maximum absolute atomic E-state index is 13.1. The van der Waals surface area contributed by atoms with Crippen molar-refractivity contribution in [2.24, 2.45) is 0 Å². The first-order valence-electron chi connectivity index (χ1n) is 28.1. The van der Waals surface area contributed by atoms with Crippen LogP contribution in [-0.2, 0) is 28.9 Å². The predicted molar refractivity (Wildman–Crippen MR) is 273 cm³/mol. The molecular formula is C54H105NO11S. The van der Waals surface area contributed by atoms with Gasteiger partial charge in [-0.1, -0.05) is 238 Å². The predicted octanol–water partition coefficient (Wildman–Crippen LogP) is 12.7. The van der Waals surface area contributed by atoms with Gasteiger partial charge in [0, 0.05) is 6.42 Å². The highest BCUT2D eigenvalue weighted by molar-refractivity contribution is 7.80. The molecule has 0 radical (unpaired) electrons. The van der Waals surface area contributed by atoms with Crippen LogP contribution in [0.3, 0.4) is 0 Å². The van der Waals surface area contributed by atoms with Crippen LogP contribution < -0.4 is 5.32 Å². The Balaban J connectivity index is 2.37. The van der Waals surface area contributed by atoms with Gasteiger partial charge in [-0.05, 0) is 38.5 Å². The number of hydrogen-bond donors (Lipinski definition) is 6. The van der Waals surface area contributed by atoms with Crippen LogP contribution >= 0.6 is 0 Å². The number of rotatable bonds is 49. The van der Waals surface area contributed by atoms with Gasteiger partial charge in [0.2, 0.25) is 5.91 Å².